The maximum absolute atomic E-state index is 5.69. The molecule has 2 aromatic heterocycles. The number of nitrogens with two attached hydrogens (primary N) is 1. The van der Waals surface area contributed by atoms with Crippen molar-refractivity contribution in [3.8, 4) is 0 Å². The van der Waals surface area contributed by atoms with Gasteiger partial charge in [-0.25, -0.2) is 9.97 Å². The zero-order valence-electron chi connectivity index (χ0n) is 9.58. The number of aryl methyl sites for hydroxylation is 1. The molecule has 0 saturated heterocycles. The molecular weight excluding hydrogens is 268 g/mol. The number of aromatic nitrogens is 3. The topological polar surface area (TPSA) is 77.8 Å². The van der Waals surface area contributed by atoms with Crippen molar-refractivity contribution in [3.05, 3.63) is 29.9 Å². The van der Waals surface area contributed by atoms with Crippen LogP contribution in [0.2, 0.25) is 0 Å². The maximum atomic E-state index is 5.69. The van der Waals surface area contributed by atoms with E-state index in [0.29, 0.717) is 17.3 Å². The van der Waals surface area contributed by atoms with Crippen molar-refractivity contribution in [2.45, 2.75) is 17.0 Å². The van der Waals surface area contributed by atoms with Crippen LogP contribution in [0.15, 0.2) is 27.0 Å². The fourth-order valence-electron chi connectivity index (χ4n) is 1.51. The molecular formula is C11H10N4OS2. The minimum Gasteiger partial charge on any atom is -0.440 e. The van der Waals surface area contributed by atoms with Crippen LogP contribution in [0, 0.1) is 6.92 Å². The number of rotatable bonds is 3. The van der Waals surface area contributed by atoms with E-state index in [9.17, 15) is 0 Å². The van der Waals surface area contributed by atoms with Crippen LogP contribution in [0.4, 0.5) is 5.69 Å². The fraction of sp³-hybridized carbons (Fsp3) is 0.182. The summed E-state index contributed by atoms with van der Waals surface area (Å²) < 4.78 is 10.7. The third kappa shape index (κ3) is 2.32. The first kappa shape index (κ1) is 11.5. The predicted octanol–water partition coefficient (Wildman–Crippen LogP) is 2.86. The fourth-order valence-corrected chi connectivity index (χ4v) is 3.00. The number of fused-ring (bicyclic) bond motifs is 1. The van der Waals surface area contributed by atoms with E-state index < -0.39 is 0 Å². The molecule has 0 radical (unpaired) electrons. The van der Waals surface area contributed by atoms with Gasteiger partial charge in [-0.1, -0.05) is 11.8 Å². The first-order chi connectivity index (χ1) is 8.70. The van der Waals surface area contributed by atoms with E-state index in [0.717, 1.165) is 21.3 Å². The lowest BCUT2D eigenvalue weighted by atomic mass is 10.3. The van der Waals surface area contributed by atoms with Crippen LogP contribution in [-0.2, 0) is 5.75 Å². The summed E-state index contributed by atoms with van der Waals surface area (Å²) in [6.07, 6.45) is 0. The third-order valence-electron chi connectivity index (χ3n) is 2.28. The average molecular weight is 278 g/mol. The summed E-state index contributed by atoms with van der Waals surface area (Å²) in [5.74, 6) is 2.12. The lowest BCUT2D eigenvalue weighted by Gasteiger charge is -1.90. The van der Waals surface area contributed by atoms with Crippen LogP contribution in [-0.4, -0.2) is 14.3 Å². The van der Waals surface area contributed by atoms with Gasteiger partial charge in [0.15, 0.2) is 9.92 Å². The van der Waals surface area contributed by atoms with Crippen molar-refractivity contribution < 1.29 is 4.42 Å². The van der Waals surface area contributed by atoms with Gasteiger partial charge in [-0.3, -0.25) is 0 Å². The minimum atomic E-state index is 0.642. The summed E-state index contributed by atoms with van der Waals surface area (Å²) in [6.45, 7) is 1.88. The standard InChI is InChI=1S/C11H10N4OS2/c1-6-13-11(18-15-6)17-5-10-14-8-3-2-7(12)4-9(8)16-10/h2-4H,5,12H2,1H3. The highest BCUT2D eigenvalue weighted by Gasteiger charge is 2.08. The van der Waals surface area contributed by atoms with Gasteiger partial charge in [0, 0.05) is 11.8 Å². The molecule has 0 aliphatic rings. The molecule has 0 bridgehead atoms. The molecule has 5 nitrogen and oxygen atoms in total. The van der Waals surface area contributed by atoms with Crippen molar-refractivity contribution in [2.75, 3.05) is 5.73 Å². The van der Waals surface area contributed by atoms with Crippen molar-refractivity contribution in [2.24, 2.45) is 0 Å². The second-order valence-corrected chi connectivity index (χ2v) is 5.71. The van der Waals surface area contributed by atoms with E-state index in [4.69, 9.17) is 10.2 Å². The lowest BCUT2D eigenvalue weighted by Crippen LogP contribution is -1.81. The molecule has 0 aliphatic heterocycles. The molecule has 0 unspecified atom stereocenters. The first-order valence-corrected chi connectivity index (χ1v) is 7.05. The highest BCUT2D eigenvalue weighted by atomic mass is 32.2. The maximum Gasteiger partial charge on any atom is 0.205 e. The van der Waals surface area contributed by atoms with Crippen LogP contribution in [0.5, 0.6) is 0 Å². The van der Waals surface area contributed by atoms with Gasteiger partial charge in [0.1, 0.15) is 11.3 Å². The van der Waals surface area contributed by atoms with E-state index in [1.54, 1.807) is 17.8 Å². The molecule has 0 spiro atoms. The van der Waals surface area contributed by atoms with E-state index in [-0.39, 0.29) is 0 Å². The van der Waals surface area contributed by atoms with Gasteiger partial charge in [-0.15, -0.1) is 0 Å². The molecule has 0 saturated carbocycles. The van der Waals surface area contributed by atoms with Gasteiger partial charge in [0.25, 0.3) is 0 Å². The molecule has 92 valence electrons. The summed E-state index contributed by atoms with van der Waals surface area (Å²) in [5.41, 5.74) is 7.92. The average Bonchev–Trinajstić information content (AvgIpc) is 2.92. The molecule has 0 atom stereocenters. The number of oxazole rings is 1. The highest BCUT2D eigenvalue weighted by Crippen LogP contribution is 2.26. The Labute approximate surface area is 112 Å². The van der Waals surface area contributed by atoms with Gasteiger partial charge in [0.05, 0.1) is 5.75 Å². The van der Waals surface area contributed by atoms with E-state index in [1.807, 2.05) is 19.1 Å². The molecule has 0 amide bonds. The summed E-state index contributed by atoms with van der Waals surface area (Å²) >= 11 is 2.96. The zero-order valence-corrected chi connectivity index (χ0v) is 11.2. The summed E-state index contributed by atoms with van der Waals surface area (Å²) in [7, 11) is 0. The van der Waals surface area contributed by atoms with Gasteiger partial charge >= 0.3 is 0 Å². The van der Waals surface area contributed by atoms with Crippen LogP contribution >= 0.6 is 23.3 Å². The number of nitrogen functional groups attached to an aromatic ring is 1. The number of hydrogen-bond donors (Lipinski definition) is 1. The minimum absolute atomic E-state index is 0.642. The molecule has 3 aromatic rings. The summed E-state index contributed by atoms with van der Waals surface area (Å²) in [5, 5.41) is 0. The largest absolute Gasteiger partial charge is 0.440 e. The Balaban J connectivity index is 1.78. The Morgan fingerprint density at radius 2 is 2.28 bits per heavy atom. The number of hydrogen-bond acceptors (Lipinski definition) is 7. The van der Waals surface area contributed by atoms with Crippen LogP contribution < -0.4 is 5.73 Å². The van der Waals surface area contributed by atoms with Gasteiger partial charge in [-0.05, 0) is 30.6 Å². The normalized spacial score (nSPS) is 11.2. The van der Waals surface area contributed by atoms with Gasteiger partial charge in [0.2, 0.25) is 5.89 Å². The van der Waals surface area contributed by atoms with Crippen LogP contribution in [0.25, 0.3) is 11.1 Å². The van der Waals surface area contributed by atoms with Crippen molar-refractivity contribution in [1.82, 2.24) is 14.3 Å². The molecule has 18 heavy (non-hydrogen) atoms. The Morgan fingerprint density at radius 3 is 3.06 bits per heavy atom. The second kappa shape index (κ2) is 4.58. The Bertz CT molecular complexity index is 691. The van der Waals surface area contributed by atoms with Crippen molar-refractivity contribution in [1.29, 1.82) is 0 Å². The molecule has 0 fully saturated rings. The van der Waals surface area contributed by atoms with Crippen LogP contribution in [0.3, 0.4) is 0 Å². The molecule has 1 aromatic carbocycles. The number of nitrogens with zero attached hydrogens (tertiary/aromatic N) is 3. The van der Waals surface area contributed by atoms with Gasteiger partial charge < -0.3 is 10.2 Å². The van der Waals surface area contributed by atoms with E-state index >= 15 is 0 Å². The van der Waals surface area contributed by atoms with Crippen molar-refractivity contribution in [3.63, 3.8) is 0 Å². The molecule has 3 rings (SSSR count). The van der Waals surface area contributed by atoms with Gasteiger partial charge in [-0.2, -0.15) is 4.37 Å². The smallest absolute Gasteiger partial charge is 0.205 e. The monoisotopic (exact) mass is 278 g/mol. The number of thioether (sulfide) groups is 1. The molecule has 7 heteroatoms. The van der Waals surface area contributed by atoms with E-state index in [2.05, 4.69) is 14.3 Å². The highest BCUT2D eigenvalue weighted by molar-refractivity contribution is 8.00. The summed E-state index contributed by atoms with van der Waals surface area (Å²) in [4.78, 5) is 8.66. The Hall–Kier alpha value is -1.60. The molecule has 2 N–H and O–H groups in total. The van der Waals surface area contributed by atoms with Crippen molar-refractivity contribution >= 4 is 40.1 Å². The summed E-state index contributed by atoms with van der Waals surface area (Å²) in [6, 6.07) is 5.46. The second-order valence-electron chi connectivity index (χ2n) is 3.73. The Kier molecular flexibility index (Phi) is 2.92. The third-order valence-corrected chi connectivity index (χ3v) is 4.19. The SMILES string of the molecule is Cc1nsc(SCc2nc3ccc(N)cc3o2)n1. The lowest BCUT2D eigenvalue weighted by molar-refractivity contribution is 0.556. The number of anilines is 1. The van der Waals surface area contributed by atoms with E-state index in [1.165, 1.54) is 11.5 Å². The molecule has 0 aliphatic carbocycles. The quantitative estimate of drug-likeness (QED) is 0.586. The zero-order chi connectivity index (χ0) is 12.5. The van der Waals surface area contributed by atoms with Crippen LogP contribution in [0.1, 0.15) is 11.7 Å². The first-order valence-electron chi connectivity index (χ1n) is 5.29. The number of benzene rings is 1. The molecule has 2 heterocycles. The Morgan fingerprint density at radius 1 is 1.39 bits per heavy atom. The predicted molar refractivity (Wildman–Crippen MR) is 72.6 cm³/mol.